The molecule has 144 valence electrons. The topological polar surface area (TPSA) is 79.9 Å². The van der Waals surface area contributed by atoms with Gasteiger partial charge in [0.25, 0.3) is 0 Å². The first-order chi connectivity index (χ1) is 13.0. The van der Waals surface area contributed by atoms with E-state index in [-0.39, 0.29) is 0 Å². The van der Waals surface area contributed by atoms with E-state index in [1.54, 1.807) is 30.3 Å². The van der Waals surface area contributed by atoms with Crippen LogP contribution >= 0.6 is 0 Å². The fourth-order valence-corrected chi connectivity index (χ4v) is 2.62. The summed E-state index contributed by atoms with van der Waals surface area (Å²) in [6.45, 7) is 5.95. The van der Waals surface area contributed by atoms with Crippen LogP contribution in [0.1, 0.15) is 13.8 Å². The average molecular weight is 371 g/mol. The zero-order chi connectivity index (χ0) is 19.8. The molecule has 0 unspecified atom stereocenters. The third kappa shape index (κ3) is 5.13. The molecule has 27 heavy (non-hydrogen) atoms. The number of nitrogens with zero attached hydrogens (tertiary/aromatic N) is 1. The molecule has 2 N–H and O–H groups in total. The second-order valence-electron chi connectivity index (χ2n) is 5.69. The number of benzene rings is 2. The molecule has 0 atom stereocenters. The lowest BCUT2D eigenvalue weighted by Gasteiger charge is -2.21. The van der Waals surface area contributed by atoms with Crippen LogP contribution in [0, 0.1) is 0 Å². The monoisotopic (exact) mass is 371 g/mol. The van der Waals surface area contributed by atoms with Gasteiger partial charge in [-0.15, -0.1) is 0 Å². The fraction of sp³-hybridized carbons (Fsp3) is 0.300. The van der Waals surface area contributed by atoms with Gasteiger partial charge in [-0.1, -0.05) is 0 Å². The maximum Gasteiger partial charge on any atom is 0.314 e. The van der Waals surface area contributed by atoms with Crippen molar-refractivity contribution in [3.8, 4) is 11.5 Å². The third-order valence-electron chi connectivity index (χ3n) is 4.11. The zero-order valence-corrected chi connectivity index (χ0v) is 16.0. The lowest BCUT2D eigenvalue weighted by atomic mass is 10.2. The standard InChI is InChI=1S/C20H25N3O4/c1-5-23(6-2)15-9-7-14(8-10-15)21-19(24)20(25)22-17-13-16(26-3)11-12-18(17)27-4/h7-13H,5-6H2,1-4H3,(H,21,24)(H,22,25). The summed E-state index contributed by atoms with van der Waals surface area (Å²) in [7, 11) is 3.00. The zero-order valence-electron chi connectivity index (χ0n) is 16.0. The highest BCUT2D eigenvalue weighted by atomic mass is 16.5. The molecule has 2 aromatic carbocycles. The number of carbonyl (C=O) groups excluding carboxylic acids is 2. The summed E-state index contributed by atoms with van der Waals surface area (Å²) in [5.41, 5.74) is 1.96. The molecule has 2 rings (SSSR count). The minimum atomic E-state index is -0.797. The lowest BCUT2D eigenvalue weighted by Crippen LogP contribution is -2.29. The van der Waals surface area contributed by atoms with Gasteiger partial charge >= 0.3 is 11.8 Å². The summed E-state index contributed by atoms with van der Waals surface area (Å²) in [5.74, 6) is -0.594. The summed E-state index contributed by atoms with van der Waals surface area (Å²) in [6, 6.07) is 12.3. The minimum Gasteiger partial charge on any atom is -0.497 e. The van der Waals surface area contributed by atoms with Crippen LogP contribution in [-0.2, 0) is 9.59 Å². The molecule has 0 bridgehead atoms. The predicted molar refractivity (Wildman–Crippen MR) is 107 cm³/mol. The minimum absolute atomic E-state index is 0.355. The highest BCUT2D eigenvalue weighted by molar-refractivity contribution is 6.43. The number of hydrogen-bond acceptors (Lipinski definition) is 5. The molecule has 0 aliphatic rings. The molecule has 2 amide bonds. The first-order valence-corrected chi connectivity index (χ1v) is 8.71. The van der Waals surface area contributed by atoms with Crippen molar-refractivity contribution in [1.29, 1.82) is 0 Å². The van der Waals surface area contributed by atoms with Crippen molar-refractivity contribution in [3.63, 3.8) is 0 Å². The van der Waals surface area contributed by atoms with E-state index in [1.807, 2.05) is 12.1 Å². The summed E-state index contributed by atoms with van der Waals surface area (Å²) in [6.07, 6.45) is 0. The summed E-state index contributed by atoms with van der Waals surface area (Å²) in [5, 5.41) is 5.13. The van der Waals surface area contributed by atoms with Gasteiger partial charge in [0.05, 0.1) is 19.9 Å². The van der Waals surface area contributed by atoms with Gasteiger partial charge in [0, 0.05) is 30.5 Å². The van der Waals surface area contributed by atoms with E-state index in [2.05, 4.69) is 29.4 Å². The number of ether oxygens (including phenoxy) is 2. The van der Waals surface area contributed by atoms with Gasteiger partial charge in [0.2, 0.25) is 0 Å². The summed E-state index contributed by atoms with van der Waals surface area (Å²) < 4.78 is 10.3. The van der Waals surface area contributed by atoms with Crippen LogP contribution < -0.4 is 25.0 Å². The van der Waals surface area contributed by atoms with Crippen molar-refractivity contribution in [2.24, 2.45) is 0 Å². The van der Waals surface area contributed by atoms with Crippen LogP contribution in [0.25, 0.3) is 0 Å². The number of carbonyl (C=O) groups is 2. The second-order valence-corrected chi connectivity index (χ2v) is 5.69. The average Bonchev–Trinajstić information content (AvgIpc) is 2.70. The number of anilines is 3. The van der Waals surface area contributed by atoms with Crippen molar-refractivity contribution >= 4 is 28.9 Å². The Bertz CT molecular complexity index is 786. The normalized spacial score (nSPS) is 10.1. The molecule has 7 nitrogen and oxygen atoms in total. The predicted octanol–water partition coefficient (Wildman–Crippen LogP) is 3.13. The van der Waals surface area contributed by atoms with Gasteiger partial charge in [-0.25, -0.2) is 0 Å². The highest BCUT2D eigenvalue weighted by Crippen LogP contribution is 2.28. The van der Waals surface area contributed by atoms with Gasteiger partial charge in [-0.05, 0) is 50.2 Å². The maximum atomic E-state index is 12.2. The van der Waals surface area contributed by atoms with Gasteiger partial charge in [-0.2, -0.15) is 0 Å². The molecule has 0 saturated carbocycles. The van der Waals surface area contributed by atoms with Crippen LogP contribution in [0.4, 0.5) is 17.1 Å². The van der Waals surface area contributed by atoms with E-state index < -0.39 is 11.8 Å². The van der Waals surface area contributed by atoms with E-state index in [4.69, 9.17) is 9.47 Å². The summed E-state index contributed by atoms with van der Waals surface area (Å²) >= 11 is 0. The molecule has 0 saturated heterocycles. The van der Waals surface area contributed by atoms with Crippen LogP contribution in [-0.4, -0.2) is 39.1 Å². The highest BCUT2D eigenvalue weighted by Gasteiger charge is 2.17. The Morgan fingerprint density at radius 2 is 1.52 bits per heavy atom. The molecular formula is C20H25N3O4. The Balaban J connectivity index is 2.05. The van der Waals surface area contributed by atoms with E-state index in [9.17, 15) is 9.59 Å². The summed E-state index contributed by atoms with van der Waals surface area (Å²) in [4.78, 5) is 26.6. The molecular weight excluding hydrogens is 346 g/mol. The Labute approximate surface area is 159 Å². The molecule has 0 aromatic heterocycles. The van der Waals surface area contributed by atoms with Crippen molar-refractivity contribution < 1.29 is 19.1 Å². The molecule has 7 heteroatoms. The fourth-order valence-electron chi connectivity index (χ4n) is 2.62. The number of amides is 2. The number of methoxy groups -OCH3 is 2. The van der Waals surface area contributed by atoms with Gasteiger partial charge in [0.1, 0.15) is 11.5 Å². The third-order valence-corrected chi connectivity index (χ3v) is 4.11. The van der Waals surface area contributed by atoms with Gasteiger partial charge in [-0.3, -0.25) is 9.59 Å². The molecule has 0 spiro atoms. The van der Waals surface area contributed by atoms with Crippen molar-refractivity contribution in [3.05, 3.63) is 42.5 Å². The van der Waals surface area contributed by atoms with Crippen molar-refractivity contribution in [1.82, 2.24) is 0 Å². The first-order valence-electron chi connectivity index (χ1n) is 8.71. The Morgan fingerprint density at radius 1 is 0.889 bits per heavy atom. The molecule has 0 heterocycles. The molecule has 0 fully saturated rings. The van der Waals surface area contributed by atoms with Crippen LogP contribution in [0.2, 0.25) is 0 Å². The van der Waals surface area contributed by atoms with Crippen molar-refractivity contribution in [2.75, 3.05) is 42.8 Å². The largest absolute Gasteiger partial charge is 0.497 e. The van der Waals surface area contributed by atoms with Gasteiger partial charge < -0.3 is 25.0 Å². The molecule has 0 radical (unpaired) electrons. The number of hydrogen-bond donors (Lipinski definition) is 2. The molecule has 0 aliphatic heterocycles. The SMILES string of the molecule is CCN(CC)c1ccc(NC(=O)C(=O)Nc2cc(OC)ccc2OC)cc1. The first kappa shape index (κ1) is 20.1. The van der Waals surface area contributed by atoms with E-state index >= 15 is 0 Å². The molecule has 0 aliphatic carbocycles. The number of nitrogens with one attached hydrogen (secondary N) is 2. The second kappa shape index (κ2) is 9.47. The number of rotatable bonds is 7. The van der Waals surface area contributed by atoms with Crippen LogP contribution in [0.5, 0.6) is 11.5 Å². The van der Waals surface area contributed by atoms with Crippen molar-refractivity contribution in [2.45, 2.75) is 13.8 Å². The Morgan fingerprint density at radius 3 is 2.07 bits per heavy atom. The van der Waals surface area contributed by atoms with E-state index in [1.165, 1.54) is 14.2 Å². The Hall–Kier alpha value is -3.22. The van der Waals surface area contributed by atoms with Crippen LogP contribution in [0.3, 0.4) is 0 Å². The maximum absolute atomic E-state index is 12.2. The Kier molecular flexibility index (Phi) is 7.05. The van der Waals surface area contributed by atoms with E-state index in [0.717, 1.165) is 18.8 Å². The quantitative estimate of drug-likeness (QED) is 0.731. The lowest BCUT2D eigenvalue weighted by molar-refractivity contribution is -0.133. The smallest absolute Gasteiger partial charge is 0.314 e. The van der Waals surface area contributed by atoms with Gasteiger partial charge in [0.15, 0.2) is 0 Å². The molecule has 2 aromatic rings. The van der Waals surface area contributed by atoms with Crippen LogP contribution in [0.15, 0.2) is 42.5 Å². The van der Waals surface area contributed by atoms with E-state index in [0.29, 0.717) is 22.9 Å².